The van der Waals surface area contributed by atoms with Gasteiger partial charge in [0, 0.05) is 30.2 Å². The third-order valence-corrected chi connectivity index (χ3v) is 3.75. The topological polar surface area (TPSA) is 58.4 Å². The Morgan fingerprint density at radius 3 is 3.00 bits per heavy atom. The summed E-state index contributed by atoms with van der Waals surface area (Å²) in [6, 6.07) is 5.21. The number of nitro groups is 1. The van der Waals surface area contributed by atoms with Crippen molar-refractivity contribution >= 4 is 23.0 Å². The van der Waals surface area contributed by atoms with E-state index >= 15 is 0 Å². The molecule has 1 N–H and O–H groups in total. The summed E-state index contributed by atoms with van der Waals surface area (Å²) in [6.07, 6.45) is 3.30. The van der Waals surface area contributed by atoms with E-state index in [1.54, 1.807) is 12.1 Å². The molecule has 1 fully saturated rings. The first-order valence-corrected chi connectivity index (χ1v) is 6.86. The summed E-state index contributed by atoms with van der Waals surface area (Å²) >= 11 is 5.86. The van der Waals surface area contributed by atoms with Gasteiger partial charge >= 0.3 is 0 Å². The number of anilines is 1. The number of nitrogens with zero attached hydrogens (tertiary/aromatic N) is 2. The Morgan fingerprint density at radius 2 is 2.32 bits per heavy atom. The molecule has 104 valence electrons. The van der Waals surface area contributed by atoms with E-state index in [9.17, 15) is 10.1 Å². The molecule has 1 saturated heterocycles. The van der Waals surface area contributed by atoms with Crippen LogP contribution in [0.1, 0.15) is 19.3 Å². The molecule has 0 aromatic heterocycles. The second-order valence-electron chi connectivity index (χ2n) is 4.79. The van der Waals surface area contributed by atoms with E-state index in [4.69, 9.17) is 11.6 Å². The van der Waals surface area contributed by atoms with Gasteiger partial charge in [-0.2, -0.15) is 0 Å². The predicted molar refractivity (Wildman–Crippen MR) is 77.0 cm³/mol. The minimum Gasteiger partial charge on any atom is -0.362 e. The zero-order valence-corrected chi connectivity index (χ0v) is 11.7. The van der Waals surface area contributed by atoms with Crippen molar-refractivity contribution < 1.29 is 4.92 Å². The largest absolute Gasteiger partial charge is 0.362 e. The normalized spacial score (nSPS) is 19.5. The number of hydrogen-bond acceptors (Lipinski definition) is 4. The summed E-state index contributed by atoms with van der Waals surface area (Å²) in [5.41, 5.74) is 0.768. The molecular formula is C13H18ClN3O2. The fraction of sp³-hybridized carbons (Fsp3) is 0.538. The summed E-state index contributed by atoms with van der Waals surface area (Å²) in [4.78, 5) is 13.0. The molecule has 5 nitrogen and oxygen atoms in total. The van der Waals surface area contributed by atoms with Gasteiger partial charge in [-0.1, -0.05) is 11.6 Å². The van der Waals surface area contributed by atoms with Gasteiger partial charge in [-0.05, 0) is 38.4 Å². The smallest absolute Gasteiger partial charge is 0.294 e. The molecule has 19 heavy (non-hydrogen) atoms. The number of piperidine rings is 1. The first kappa shape index (κ1) is 14.1. The fourth-order valence-corrected chi connectivity index (χ4v) is 2.82. The lowest BCUT2D eigenvalue weighted by atomic mass is 10.0. The van der Waals surface area contributed by atoms with Gasteiger partial charge in [-0.25, -0.2) is 0 Å². The molecule has 0 radical (unpaired) electrons. The average Bonchev–Trinajstić information content (AvgIpc) is 2.40. The summed E-state index contributed by atoms with van der Waals surface area (Å²) in [5, 5.41) is 14.7. The van der Waals surface area contributed by atoms with E-state index in [-0.39, 0.29) is 10.6 Å². The molecule has 1 heterocycles. The van der Waals surface area contributed by atoms with Gasteiger partial charge < -0.3 is 10.2 Å². The van der Waals surface area contributed by atoms with Crippen LogP contribution in [0.5, 0.6) is 0 Å². The maximum atomic E-state index is 11.2. The Kier molecular flexibility index (Phi) is 4.61. The Balaban J connectivity index is 2.35. The molecule has 1 aromatic rings. The van der Waals surface area contributed by atoms with Crippen LogP contribution in [0.15, 0.2) is 18.2 Å². The molecule has 1 aliphatic heterocycles. The molecular weight excluding hydrogens is 266 g/mol. The van der Waals surface area contributed by atoms with Crippen LogP contribution in [0.3, 0.4) is 0 Å². The molecule has 1 aromatic carbocycles. The third-order valence-electron chi connectivity index (χ3n) is 3.51. The van der Waals surface area contributed by atoms with Crippen molar-refractivity contribution in [1.82, 2.24) is 5.32 Å². The molecule has 0 saturated carbocycles. The van der Waals surface area contributed by atoms with Crippen LogP contribution in [0.4, 0.5) is 11.4 Å². The van der Waals surface area contributed by atoms with Crippen LogP contribution in [0, 0.1) is 10.1 Å². The van der Waals surface area contributed by atoms with Gasteiger partial charge in [0.2, 0.25) is 0 Å². The van der Waals surface area contributed by atoms with Gasteiger partial charge in [-0.15, -0.1) is 0 Å². The lowest BCUT2D eigenvalue weighted by molar-refractivity contribution is -0.384. The Hall–Kier alpha value is -1.33. The van der Waals surface area contributed by atoms with Crippen molar-refractivity contribution in [2.75, 3.05) is 25.0 Å². The highest BCUT2D eigenvalue weighted by atomic mass is 35.5. The Bertz CT molecular complexity index is 465. The molecule has 0 spiro atoms. The Labute approximate surface area is 117 Å². The third kappa shape index (κ3) is 3.16. The van der Waals surface area contributed by atoms with E-state index < -0.39 is 0 Å². The number of nitro benzene ring substituents is 1. The number of hydrogen-bond donors (Lipinski definition) is 1. The Morgan fingerprint density at radius 1 is 1.53 bits per heavy atom. The number of nitrogens with one attached hydrogen (secondary N) is 1. The van der Waals surface area contributed by atoms with Gasteiger partial charge in [-0.3, -0.25) is 10.1 Å². The first-order chi connectivity index (χ1) is 9.13. The summed E-state index contributed by atoms with van der Waals surface area (Å²) in [5.74, 6) is 0. The van der Waals surface area contributed by atoms with Crippen molar-refractivity contribution in [3.8, 4) is 0 Å². The standard InChI is InChI=1S/C13H18ClN3O2/c1-15-9-11-4-2-3-7-16(11)12-6-5-10(14)8-13(12)17(18)19/h5-6,8,11,15H,2-4,7,9H2,1H3. The molecule has 1 aliphatic rings. The van der Waals surface area contributed by atoms with E-state index in [2.05, 4.69) is 10.2 Å². The maximum Gasteiger partial charge on any atom is 0.294 e. The van der Waals surface area contributed by atoms with Crippen LogP contribution in [-0.4, -0.2) is 31.1 Å². The molecule has 0 bridgehead atoms. The minimum absolute atomic E-state index is 0.0931. The minimum atomic E-state index is -0.355. The van der Waals surface area contributed by atoms with Crippen LogP contribution < -0.4 is 10.2 Å². The van der Waals surface area contributed by atoms with Gasteiger partial charge in [0.1, 0.15) is 5.69 Å². The second-order valence-corrected chi connectivity index (χ2v) is 5.23. The second kappa shape index (κ2) is 6.21. The van der Waals surface area contributed by atoms with E-state index in [0.29, 0.717) is 16.8 Å². The lowest BCUT2D eigenvalue weighted by Crippen LogP contribution is -2.45. The highest BCUT2D eigenvalue weighted by Crippen LogP contribution is 2.34. The molecule has 0 amide bonds. The van der Waals surface area contributed by atoms with Crippen LogP contribution in [0.25, 0.3) is 0 Å². The highest BCUT2D eigenvalue weighted by Gasteiger charge is 2.27. The molecule has 6 heteroatoms. The van der Waals surface area contributed by atoms with E-state index in [1.807, 2.05) is 7.05 Å². The highest BCUT2D eigenvalue weighted by molar-refractivity contribution is 6.30. The summed E-state index contributed by atoms with van der Waals surface area (Å²) < 4.78 is 0. The zero-order valence-electron chi connectivity index (χ0n) is 10.9. The lowest BCUT2D eigenvalue weighted by Gasteiger charge is -2.37. The first-order valence-electron chi connectivity index (χ1n) is 6.48. The molecule has 0 aliphatic carbocycles. The van der Waals surface area contributed by atoms with Crippen molar-refractivity contribution in [3.05, 3.63) is 33.3 Å². The van der Waals surface area contributed by atoms with Crippen LogP contribution in [-0.2, 0) is 0 Å². The van der Waals surface area contributed by atoms with E-state index in [0.717, 1.165) is 25.9 Å². The zero-order chi connectivity index (χ0) is 13.8. The summed E-state index contributed by atoms with van der Waals surface area (Å²) in [6.45, 7) is 1.69. The van der Waals surface area contributed by atoms with Gasteiger partial charge in [0.05, 0.1) is 4.92 Å². The quantitative estimate of drug-likeness (QED) is 0.682. The van der Waals surface area contributed by atoms with Crippen molar-refractivity contribution in [1.29, 1.82) is 0 Å². The molecule has 1 atom stereocenters. The number of rotatable bonds is 4. The number of likely N-dealkylation sites (N-methyl/N-ethyl adjacent to an activating group) is 1. The van der Waals surface area contributed by atoms with Crippen LogP contribution >= 0.6 is 11.6 Å². The van der Waals surface area contributed by atoms with Crippen molar-refractivity contribution in [3.63, 3.8) is 0 Å². The van der Waals surface area contributed by atoms with Gasteiger partial charge in [0.15, 0.2) is 0 Å². The molecule has 2 rings (SSSR count). The SMILES string of the molecule is CNCC1CCCCN1c1ccc(Cl)cc1[N+](=O)[O-]. The van der Waals surface area contributed by atoms with Crippen LogP contribution in [0.2, 0.25) is 5.02 Å². The number of halogens is 1. The van der Waals surface area contributed by atoms with Crippen molar-refractivity contribution in [2.24, 2.45) is 0 Å². The fourth-order valence-electron chi connectivity index (χ4n) is 2.65. The average molecular weight is 284 g/mol. The monoisotopic (exact) mass is 283 g/mol. The molecule has 1 unspecified atom stereocenters. The van der Waals surface area contributed by atoms with E-state index in [1.165, 1.54) is 12.5 Å². The maximum absolute atomic E-state index is 11.2. The van der Waals surface area contributed by atoms with Gasteiger partial charge in [0.25, 0.3) is 5.69 Å². The summed E-state index contributed by atoms with van der Waals surface area (Å²) in [7, 11) is 1.91. The van der Waals surface area contributed by atoms with Crippen molar-refractivity contribution in [2.45, 2.75) is 25.3 Å². The number of benzene rings is 1. The predicted octanol–water partition coefficient (Wildman–Crippen LogP) is 2.83.